The number of halogens is 3. The fourth-order valence-electron chi connectivity index (χ4n) is 0.970. The molecule has 0 aliphatic heterocycles. The molecule has 1 aromatic rings. The van der Waals surface area contributed by atoms with E-state index in [1.165, 1.54) is 0 Å². The molecule has 0 amide bonds. The molecule has 0 spiro atoms. The molecule has 0 atom stereocenters. The molecule has 0 unspecified atom stereocenters. The van der Waals surface area contributed by atoms with Crippen LogP contribution in [-0.4, -0.2) is 12.5 Å². The number of hydrogen-bond acceptors (Lipinski definition) is 1. The number of nitrogens with two attached hydrogens (primary N) is 1. The van der Waals surface area contributed by atoms with Crippen LogP contribution >= 0.6 is 0 Å². The van der Waals surface area contributed by atoms with Crippen LogP contribution in [0.25, 0.3) is 0 Å². The van der Waals surface area contributed by atoms with Crippen LogP contribution in [0.1, 0.15) is 6.92 Å². The van der Waals surface area contributed by atoms with Crippen LogP contribution < -0.4 is 11.1 Å². The van der Waals surface area contributed by atoms with Gasteiger partial charge in [0.1, 0.15) is 0 Å². The molecule has 82 valence electrons. The van der Waals surface area contributed by atoms with Gasteiger partial charge in [-0.25, -0.2) is 13.2 Å². The van der Waals surface area contributed by atoms with Crippen LogP contribution in [0.4, 0.5) is 18.9 Å². The summed E-state index contributed by atoms with van der Waals surface area (Å²) < 4.78 is 38.4. The molecule has 0 heterocycles. The topological polar surface area (TPSA) is 50.4 Å². The number of nitrogens with zero attached hydrogens (tertiary/aromatic N) is 1. The smallest absolute Gasteiger partial charge is 0.196 e. The minimum atomic E-state index is -1.54. The number of benzene rings is 1. The maximum absolute atomic E-state index is 13.1. The largest absolute Gasteiger partial charge is 0.370 e. The molecular weight excluding hydrogens is 207 g/mol. The predicted octanol–water partition coefficient (Wildman–Crippen LogP) is 1.85. The Labute approximate surface area is 84.8 Å². The standard InChI is InChI=1S/C9H10F3N3/c1-2-14-9(13)15-6-4-3-5(10)7(11)8(6)12/h3-4H,2H2,1H3,(H3,13,14,15). The van der Waals surface area contributed by atoms with Gasteiger partial charge in [0.15, 0.2) is 23.4 Å². The molecule has 6 heteroatoms. The van der Waals surface area contributed by atoms with Crippen molar-refractivity contribution >= 4 is 11.6 Å². The third-order valence-corrected chi connectivity index (χ3v) is 1.63. The first-order valence-corrected chi connectivity index (χ1v) is 4.26. The summed E-state index contributed by atoms with van der Waals surface area (Å²) in [6.07, 6.45) is 0. The van der Waals surface area contributed by atoms with E-state index in [2.05, 4.69) is 10.3 Å². The van der Waals surface area contributed by atoms with E-state index in [1.807, 2.05) is 0 Å². The molecular formula is C9H10F3N3. The lowest BCUT2D eigenvalue weighted by molar-refractivity contribution is 0.449. The van der Waals surface area contributed by atoms with Crippen molar-refractivity contribution in [3.63, 3.8) is 0 Å². The second kappa shape index (κ2) is 4.68. The van der Waals surface area contributed by atoms with Crippen LogP contribution in [0, 0.1) is 17.5 Å². The van der Waals surface area contributed by atoms with Gasteiger partial charge < -0.3 is 11.1 Å². The van der Waals surface area contributed by atoms with Gasteiger partial charge in [0.2, 0.25) is 0 Å². The first-order valence-electron chi connectivity index (χ1n) is 4.26. The fraction of sp³-hybridized carbons (Fsp3) is 0.222. The second-order valence-corrected chi connectivity index (χ2v) is 2.71. The van der Waals surface area contributed by atoms with Crippen LogP contribution in [-0.2, 0) is 0 Å². The van der Waals surface area contributed by atoms with Crippen molar-refractivity contribution in [2.45, 2.75) is 6.92 Å². The van der Waals surface area contributed by atoms with Crippen molar-refractivity contribution in [2.75, 3.05) is 11.9 Å². The van der Waals surface area contributed by atoms with E-state index in [1.54, 1.807) is 6.92 Å². The van der Waals surface area contributed by atoms with Crippen LogP contribution in [0.2, 0.25) is 0 Å². The van der Waals surface area contributed by atoms with Gasteiger partial charge in [-0.3, -0.25) is 4.99 Å². The zero-order valence-electron chi connectivity index (χ0n) is 8.02. The quantitative estimate of drug-likeness (QED) is 0.451. The average molecular weight is 217 g/mol. The molecule has 3 nitrogen and oxygen atoms in total. The molecule has 0 aliphatic rings. The molecule has 3 N–H and O–H groups in total. The number of hydrogen-bond donors (Lipinski definition) is 2. The Morgan fingerprint density at radius 1 is 1.33 bits per heavy atom. The monoisotopic (exact) mass is 217 g/mol. The lowest BCUT2D eigenvalue weighted by atomic mass is 10.3. The summed E-state index contributed by atoms with van der Waals surface area (Å²) in [6, 6.07) is 1.85. The fourth-order valence-corrected chi connectivity index (χ4v) is 0.970. The minimum Gasteiger partial charge on any atom is -0.370 e. The van der Waals surface area contributed by atoms with Gasteiger partial charge in [0.25, 0.3) is 0 Å². The summed E-state index contributed by atoms with van der Waals surface area (Å²) in [6.45, 7) is 2.14. The maximum atomic E-state index is 13.1. The predicted molar refractivity (Wildman–Crippen MR) is 52.1 cm³/mol. The highest BCUT2D eigenvalue weighted by Crippen LogP contribution is 2.19. The highest BCUT2D eigenvalue weighted by molar-refractivity contribution is 5.92. The number of aliphatic imine (C=N–C) groups is 1. The Hall–Kier alpha value is -1.72. The molecule has 0 saturated carbocycles. The van der Waals surface area contributed by atoms with Gasteiger partial charge in [0.05, 0.1) is 5.69 Å². The first kappa shape index (κ1) is 11.4. The van der Waals surface area contributed by atoms with Gasteiger partial charge >= 0.3 is 0 Å². The van der Waals surface area contributed by atoms with Gasteiger partial charge in [0, 0.05) is 6.54 Å². The van der Waals surface area contributed by atoms with Gasteiger partial charge in [-0.2, -0.15) is 0 Å². The molecule has 0 saturated heterocycles. The summed E-state index contributed by atoms with van der Waals surface area (Å²) in [4.78, 5) is 3.71. The molecule has 1 aromatic carbocycles. The molecule has 0 radical (unpaired) electrons. The summed E-state index contributed by atoms with van der Waals surface area (Å²) >= 11 is 0. The highest BCUT2D eigenvalue weighted by Gasteiger charge is 2.13. The number of nitrogens with one attached hydrogen (secondary N) is 1. The Morgan fingerprint density at radius 2 is 2.00 bits per heavy atom. The molecule has 15 heavy (non-hydrogen) atoms. The van der Waals surface area contributed by atoms with E-state index in [0.29, 0.717) is 6.54 Å². The zero-order valence-corrected chi connectivity index (χ0v) is 8.02. The van der Waals surface area contributed by atoms with Crippen LogP contribution in [0.3, 0.4) is 0 Å². The van der Waals surface area contributed by atoms with E-state index in [4.69, 9.17) is 5.73 Å². The Balaban J connectivity index is 2.97. The van der Waals surface area contributed by atoms with Crippen molar-refractivity contribution < 1.29 is 13.2 Å². The molecule has 0 bridgehead atoms. The molecule has 1 rings (SSSR count). The Bertz CT molecular complexity index is 390. The number of anilines is 1. The van der Waals surface area contributed by atoms with E-state index in [-0.39, 0.29) is 11.6 Å². The van der Waals surface area contributed by atoms with Crippen molar-refractivity contribution in [1.29, 1.82) is 0 Å². The first-order chi connectivity index (χ1) is 7.06. The summed E-state index contributed by atoms with van der Waals surface area (Å²) in [5.74, 6) is -4.15. The maximum Gasteiger partial charge on any atom is 0.196 e. The Kier molecular flexibility index (Phi) is 3.54. The van der Waals surface area contributed by atoms with E-state index >= 15 is 0 Å². The van der Waals surface area contributed by atoms with E-state index < -0.39 is 17.5 Å². The number of guanidine groups is 1. The molecule has 0 aliphatic carbocycles. The van der Waals surface area contributed by atoms with Gasteiger partial charge in [-0.1, -0.05) is 0 Å². The van der Waals surface area contributed by atoms with Crippen molar-refractivity contribution in [2.24, 2.45) is 10.7 Å². The van der Waals surface area contributed by atoms with Gasteiger partial charge in [-0.15, -0.1) is 0 Å². The van der Waals surface area contributed by atoms with Crippen molar-refractivity contribution in [3.05, 3.63) is 29.6 Å². The molecule has 0 aromatic heterocycles. The third-order valence-electron chi connectivity index (χ3n) is 1.63. The lowest BCUT2D eigenvalue weighted by Crippen LogP contribution is -2.23. The summed E-state index contributed by atoms with van der Waals surface area (Å²) in [5.41, 5.74) is 5.08. The summed E-state index contributed by atoms with van der Waals surface area (Å²) in [5, 5.41) is 2.33. The normalized spacial score (nSPS) is 11.6. The van der Waals surface area contributed by atoms with E-state index in [9.17, 15) is 13.2 Å². The number of rotatable bonds is 2. The third kappa shape index (κ3) is 2.61. The van der Waals surface area contributed by atoms with E-state index in [0.717, 1.165) is 12.1 Å². The SMILES string of the molecule is CCN=C(N)Nc1ccc(F)c(F)c1F. The summed E-state index contributed by atoms with van der Waals surface area (Å²) in [7, 11) is 0. The second-order valence-electron chi connectivity index (χ2n) is 2.71. The van der Waals surface area contributed by atoms with Crippen LogP contribution in [0.5, 0.6) is 0 Å². The van der Waals surface area contributed by atoms with Crippen molar-refractivity contribution in [3.8, 4) is 0 Å². The molecule has 0 fully saturated rings. The Morgan fingerprint density at radius 3 is 2.60 bits per heavy atom. The lowest BCUT2D eigenvalue weighted by Gasteiger charge is -2.06. The van der Waals surface area contributed by atoms with Gasteiger partial charge in [-0.05, 0) is 19.1 Å². The minimum absolute atomic E-state index is 0.0533. The average Bonchev–Trinajstić information content (AvgIpc) is 2.20. The van der Waals surface area contributed by atoms with Crippen molar-refractivity contribution in [1.82, 2.24) is 0 Å². The highest BCUT2D eigenvalue weighted by atomic mass is 19.2. The van der Waals surface area contributed by atoms with Crippen LogP contribution in [0.15, 0.2) is 17.1 Å². The zero-order chi connectivity index (χ0) is 11.4.